The predicted molar refractivity (Wildman–Crippen MR) is 126 cm³/mol. The number of nitrogens with zero attached hydrogens (tertiary/aromatic N) is 3. The second-order valence-electron chi connectivity index (χ2n) is 9.06. The first-order valence-corrected chi connectivity index (χ1v) is 11.7. The van der Waals surface area contributed by atoms with Crippen molar-refractivity contribution in [2.75, 3.05) is 33.5 Å². The highest BCUT2D eigenvalue weighted by Crippen LogP contribution is 2.36. The zero-order valence-corrected chi connectivity index (χ0v) is 19.1. The maximum absolute atomic E-state index is 14.1. The molecule has 33 heavy (non-hydrogen) atoms. The molecule has 3 heterocycles. The molecule has 7 heteroatoms. The average Bonchev–Trinajstić information content (AvgIpc) is 3.27. The van der Waals surface area contributed by atoms with Gasteiger partial charge in [0.2, 0.25) is 6.79 Å². The summed E-state index contributed by atoms with van der Waals surface area (Å²) in [7, 11) is 1.91. The summed E-state index contributed by atoms with van der Waals surface area (Å²) in [6, 6.07) is 12.6. The van der Waals surface area contributed by atoms with Gasteiger partial charge in [-0.3, -0.25) is 9.69 Å². The van der Waals surface area contributed by atoms with Crippen LogP contribution in [0, 0.1) is 5.82 Å². The van der Waals surface area contributed by atoms with Crippen LogP contribution in [0.2, 0.25) is 0 Å². The van der Waals surface area contributed by atoms with Gasteiger partial charge in [0, 0.05) is 48.8 Å². The second kappa shape index (κ2) is 9.53. The number of likely N-dealkylation sites (tertiary alicyclic amines) is 1. The van der Waals surface area contributed by atoms with E-state index in [-0.39, 0.29) is 18.2 Å². The van der Waals surface area contributed by atoms with Crippen LogP contribution in [0.5, 0.6) is 11.5 Å². The molecule has 0 radical (unpaired) electrons. The van der Waals surface area contributed by atoms with E-state index in [1.54, 1.807) is 12.1 Å². The molecule has 0 bridgehead atoms. The summed E-state index contributed by atoms with van der Waals surface area (Å²) in [5.41, 5.74) is 2.17. The highest BCUT2D eigenvalue weighted by Gasteiger charge is 2.19. The molecular weight excluding hydrogens is 421 g/mol. The quantitative estimate of drug-likeness (QED) is 0.544. The molecule has 174 valence electrons. The van der Waals surface area contributed by atoms with Crippen LogP contribution in [0.4, 0.5) is 4.39 Å². The van der Waals surface area contributed by atoms with Gasteiger partial charge in [0.05, 0.1) is 5.52 Å². The van der Waals surface area contributed by atoms with E-state index in [0.29, 0.717) is 42.3 Å². The molecule has 0 aliphatic carbocycles. The number of hydrogen-bond donors (Lipinski definition) is 0. The Morgan fingerprint density at radius 2 is 1.67 bits per heavy atom. The van der Waals surface area contributed by atoms with Gasteiger partial charge in [0.25, 0.3) is 5.56 Å². The monoisotopic (exact) mass is 451 g/mol. The van der Waals surface area contributed by atoms with E-state index >= 15 is 0 Å². The number of ether oxygens (including phenoxy) is 2. The summed E-state index contributed by atoms with van der Waals surface area (Å²) in [5, 5.41) is 0.951. The SMILES string of the molecule is CN(Cc1ccccc1F)Cc1cc2cc3c(cc2n(CCN2CCCCC2)c1=O)OCO3. The summed E-state index contributed by atoms with van der Waals surface area (Å²) < 4.78 is 27.1. The fourth-order valence-electron chi connectivity index (χ4n) is 4.85. The maximum Gasteiger partial charge on any atom is 0.255 e. The van der Waals surface area contributed by atoms with E-state index in [9.17, 15) is 9.18 Å². The third kappa shape index (κ3) is 4.75. The van der Waals surface area contributed by atoms with Crippen molar-refractivity contribution in [3.8, 4) is 11.5 Å². The topological polar surface area (TPSA) is 46.9 Å². The molecule has 0 unspecified atom stereocenters. The van der Waals surface area contributed by atoms with Crippen molar-refractivity contribution in [1.29, 1.82) is 0 Å². The third-order valence-electron chi connectivity index (χ3n) is 6.59. The van der Waals surface area contributed by atoms with Crippen molar-refractivity contribution in [3.05, 3.63) is 69.8 Å². The van der Waals surface area contributed by atoms with Crippen molar-refractivity contribution in [3.63, 3.8) is 0 Å². The lowest BCUT2D eigenvalue weighted by molar-refractivity contribution is 0.174. The van der Waals surface area contributed by atoms with Crippen LogP contribution in [0.3, 0.4) is 0 Å². The van der Waals surface area contributed by atoms with Crippen LogP contribution in [0.25, 0.3) is 10.9 Å². The predicted octanol–water partition coefficient (Wildman–Crippen LogP) is 3.99. The van der Waals surface area contributed by atoms with Gasteiger partial charge in [-0.15, -0.1) is 0 Å². The molecule has 1 saturated heterocycles. The second-order valence-corrected chi connectivity index (χ2v) is 9.06. The minimum atomic E-state index is -0.227. The van der Waals surface area contributed by atoms with E-state index < -0.39 is 0 Å². The highest BCUT2D eigenvalue weighted by molar-refractivity contribution is 5.84. The Kier molecular flexibility index (Phi) is 6.33. The Bertz CT molecular complexity index is 1200. The van der Waals surface area contributed by atoms with Gasteiger partial charge in [-0.1, -0.05) is 24.6 Å². The first-order valence-electron chi connectivity index (χ1n) is 11.7. The van der Waals surface area contributed by atoms with Crippen molar-refractivity contribution < 1.29 is 13.9 Å². The molecule has 0 amide bonds. The minimum absolute atomic E-state index is 0.00115. The molecule has 1 aromatic heterocycles. The number of rotatable bonds is 7. The van der Waals surface area contributed by atoms with Crippen LogP contribution >= 0.6 is 0 Å². The van der Waals surface area contributed by atoms with Crippen molar-refractivity contribution in [1.82, 2.24) is 14.4 Å². The van der Waals surface area contributed by atoms with E-state index in [2.05, 4.69) is 4.90 Å². The Balaban J connectivity index is 1.46. The fraction of sp³-hybridized carbons (Fsp3) is 0.423. The zero-order chi connectivity index (χ0) is 22.8. The van der Waals surface area contributed by atoms with Gasteiger partial charge < -0.3 is 18.9 Å². The first-order chi connectivity index (χ1) is 16.1. The first kappa shape index (κ1) is 21.9. The smallest absolute Gasteiger partial charge is 0.255 e. The van der Waals surface area contributed by atoms with Gasteiger partial charge in [-0.05, 0) is 51.2 Å². The average molecular weight is 452 g/mol. The lowest BCUT2D eigenvalue weighted by atomic mass is 10.1. The molecule has 6 nitrogen and oxygen atoms in total. The molecule has 0 atom stereocenters. The summed E-state index contributed by atoms with van der Waals surface area (Å²) in [5.74, 6) is 1.15. The van der Waals surface area contributed by atoms with Crippen molar-refractivity contribution >= 4 is 10.9 Å². The number of aromatic nitrogens is 1. The van der Waals surface area contributed by atoms with E-state index in [0.717, 1.165) is 30.5 Å². The summed E-state index contributed by atoms with van der Waals surface area (Å²) in [4.78, 5) is 18.0. The van der Waals surface area contributed by atoms with Crippen LogP contribution in [-0.2, 0) is 19.6 Å². The molecule has 0 saturated carbocycles. The van der Waals surface area contributed by atoms with Gasteiger partial charge in [0.15, 0.2) is 11.5 Å². The van der Waals surface area contributed by atoms with Gasteiger partial charge in [0.1, 0.15) is 5.82 Å². The normalized spacial score (nSPS) is 16.1. The van der Waals surface area contributed by atoms with Crippen LogP contribution in [0.15, 0.2) is 47.3 Å². The van der Waals surface area contributed by atoms with E-state index in [1.165, 1.54) is 25.3 Å². The third-order valence-corrected chi connectivity index (χ3v) is 6.59. The summed E-state index contributed by atoms with van der Waals surface area (Å²) in [6.07, 6.45) is 3.72. The molecule has 0 spiro atoms. The molecule has 1 fully saturated rings. The molecule has 2 aromatic carbocycles. The summed E-state index contributed by atoms with van der Waals surface area (Å²) >= 11 is 0. The highest BCUT2D eigenvalue weighted by atomic mass is 19.1. The number of halogens is 1. The lowest BCUT2D eigenvalue weighted by Gasteiger charge is -2.27. The minimum Gasteiger partial charge on any atom is -0.454 e. The van der Waals surface area contributed by atoms with Crippen LogP contribution in [0.1, 0.15) is 30.4 Å². The molecule has 5 rings (SSSR count). The molecule has 2 aliphatic rings. The summed E-state index contributed by atoms with van der Waals surface area (Å²) in [6.45, 7) is 4.70. The Labute approximate surface area is 193 Å². The number of benzene rings is 2. The van der Waals surface area contributed by atoms with Crippen LogP contribution in [-0.4, -0.2) is 47.8 Å². The number of hydrogen-bond acceptors (Lipinski definition) is 5. The van der Waals surface area contributed by atoms with Crippen molar-refractivity contribution in [2.24, 2.45) is 0 Å². The van der Waals surface area contributed by atoms with Gasteiger partial charge in [-0.2, -0.15) is 0 Å². The Hall–Kier alpha value is -2.90. The fourth-order valence-corrected chi connectivity index (χ4v) is 4.85. The lowest BCUT2D eigenvalue weighted by Crippen LogP contribution is -2.36. The number of pyridine rings is 1. The molecule has 3 aromatic rings. The van der Waals surface area contributed by atoms with Gasteiger partial charge in [-0.25, -0.2) is 4.39 Å². The van der Waals surface area contributed by atoms with E-state index in [1.807, 2.05) is 40.8 Å². The Morgan fingerprint density at radius 3 is 2.45 bits per heavy atom. The van der Waals surface area contributed by atoms with E-state index in [4.69, 9.17) is 9.47 Å². The van der Waals surface area contributed by atoms with Crippen molar-refractivity contribution in [2.45, 2.75) is 38.9 Å². The Morgan fingerprint density at radius 1 is 0.939 bits per heavy atom. The number of piperidine rings is 1. The molecular formula is C26H30FN3O3. The maximum atomic E-state index is 14.1. The number of fused-ring (bicyclic) bond motifs is 2. The molecule has 0 N–H and O–H groups in total. The largest absolute Gasteiger partial charge is 0.454 e. The zero-order valence-electron chi connectivity index (χ0n) is 19.1. The molecule has 2 aliphatic heterocycles. The van der Waals surface area contributed by atoms with Crippen LogP contribution < -0.4 is 15.0 Å². The van der Waals surface area contributed by atoms with Gasteiger partial charge >= 0.3 is 0 Å². The standard InChI is InChI=1S/C26H30FN3O3/c1-28(16-19-7-3-4-8-22(19)27)17-21-13-20-14-24-25(33-18-32-24)15-23(20)30(26(21)31)12-11-29-9-5-2-6-10-29/h3-4,7-8,13-15H,2,5-6,9-12,16-18H2,1H3.